The molecule has 1 aromatic rings. The molecule has 0 fully saturated rings. The number of nitrogens with one attached hydrogen (secondary N) is 1. The van der Waals surface area contributed by atoms with Gasteiger partial charge in [-0.25, -0.2) is 8.78 Å². The fourth-order valence-electron chi connectivity index (χ4n) is 2.53. The van der Waals surface area contributed by atoms with Crippen molar-refractivity contribution in [3.63, 3.8) is 0 Å². The Kier molecular flexibility index (Phi) is 8.42. The number of benzene rings is 1. The van der Waals surface area contributed by atoms with Crippen molar-refractivity contribution >= 4 is 0 Å². The highest BCUT2D eigenvalue weighted by Gasteiger charge is 2.16. The minimum absolute atomic E-state index is 0.0943. The van der Waals surface area contributed by atoms with E-state index in [2.05, 4.69) is 24.4 Å². The third kappa shape index (κ3) is 6.50. The van der Waals surface area contributed by atoms with Gasteiger partial charge in [-0.3, -0.25) is 4.90 Å². The summed E-state index contributed by atoms with van der Waals surface area (Å²) in [4.78, 5) is 1.62. The number of aliphatic hydroxyl groups excluding tert-OH is 1. The van der Waals surface area contributed by atoms with Gasteiger partial charge in [0.15, 0.2) is 0 Å². The van der Waals surface area contributed by atoms with Crippen molar-refractivity contribution in [2.45, 2.75) is 32.7 Å². The standard InChI is InChI=1S/C16H26F2N2O/c1-3-19-15(14-7-5-4-6-13(14)2)8-9-20(10-11-21)12-16(17)18/h4-7,15-16,19,21H,3,8-12H2,1-2H3. The first-order valence-electron chi connectivity index (χ1n) is 7.48. The lowest BCUT2D eigenvalue weighted by atomic mass is 9.98. The van der Waals surface area contributed by atoms with E-state index in [0.717, 1.165) is 13.0 Å². The van der Waals surface area contributed by atoms with Gasteiger partial charge in [0.2, 0.25) is 0 Å². The van der Waals surface area contributed by atoms with Crippen molar-refractivity contribution in [1.82, 2.24) is 10.2 Å². The molecule has 0 amide bonds. The SMILES string of the molecule is CCNC(CCN(CCO)CC(F)F)c1ccccc1C. The summed E-state index contributed by atoms with van der Waals surface area (Å²) in [6.45, 7) is 5.37. The quantitative estimate of drug-likeness (QED) is 0.697. The number of alkyl halides is 2. The summed E-state index contributed by atoms with van der Waals surface area (Å²) in [6.07, 6.45) is -1.63. The van der Waals surface area contributed by atoms with Crippen LogP contribution >= 0.6 is 0 Å². The average molecular weight is 300 g/mol. The van der Waals surface area contributed by atoms with Gasteiger partial charge in [0.05, 0.1) is 13.2 Å². The molecule has 0 saturated carbocycles. The van der Waals surface area contributed by atoms with Gasteiger partial charge >= 0.3 is 0 Å². The molecule has 0 saturated heterocycles. The molecule has 1 atom stereocenters. The molecular weight excluding hydrogens is 274 g/mol. The van der Waals surface area contributed by atoms with E-state index in [0.29, 0.717) is 6.54 Å². The summed E-state index contributed by atoms with van der Waals surface area (Å²) in [7, 11) is 0. The van der Waals surface area contributed by atoms with Gasteiger partial charge in [-0.2, -0.15) is 0 Å². The molecule has 0 spiro atoms. The maximum Gasteiger partial charge on any atom is 0.251 e. The van der Waals surface area contributed by atoms with Crippen LogP contribution in [0.2, 0.25) is 0 Å². The van der Waals surface area contributed by atoms with E-state index in [9.17, 15) is 8.78 Å². The number of aryl methyl sites for hydroxylation is 1. The second-order valence-electron chi connectivity index (χ2n) is 5.17. The Hall–Kier alpha value is -1.04. The predicted octanol–water partition coefficient (Wildman–Crippen LogP) is 2.60. The number of rotatable bonds is 10. The molecule has 0 aliphatic heterocycles. The van der Waals surface area contributed by atoms with E-state index in [-0.39, 0.29) is 25.7 Å². The van der Waals surface area contributed by atoms with Crippen LogP contribution in [0.15, 0.2) is 24.3 Å². The van der Waals surface area contributed by atoms with Crippen LogP contribution in [0.5, 0.6) is 0 Å². The summed E-state index contributed by atoms with van der Waals surface area (Å²) in [6, 6.07) is 8.28. The number of hydrogen-bond donors (Lipinski definition) is 2. The molecule has 2 N–H and O–H groups in total. The van der Waals surface area contributed by atoms with Gasteiger partial charge in [0.25, 0.3) is 6.43 Å². The van der Waals surface area contributed by atoms with Crippen molar-refractivity contribution in [1.29, 1.82) is 0 Å². The van der Waals surface area contributed by atoms with Crippen molar-refractivity contribution in [2.75, 3.05) is 32.8 Å². The van der Waals surface area contributed by atoms with Crippen LogP contribution in [-0.4, -0.2) is 49.2 Å². The zero-order chi connectivity index (χ0) is 15.7. The summed E-state index contributed by atoms with van der Waals surface area (Å²) in [5, 5.41) is 12.4. The molecule has 0 aromatic heterocycles. The maximum atomic E-state index is 12.5. The highest BCUT2D eigenvalue weighted by Crippen LogP contribution is 2.21. The molecule has 5 heteroatoms. The van der Waals surface area contributed by atoms with Crippen LogP contribution in [-0.2, 0) is 0 Å². The molecule has 21 heavy (non-hydrogen) atoms. The highest BCUT2D eigenvalue weighted by atomic mass is 19.3. The zero-order valence-electron chi connectivity index (χ0n) is 12.9. The molecule has 1 unspecified atom stereocenters. The van der Waals surface area contributed by atoms with Gasteiger partial charge < -0.3 is 10.4 Å². The van der Waals surface area contributed by atoms with E-state index in [1.54, 1.807) is 4.90 Å². The van der Waals surface area contributed by atoms with Crippen molar-refractivity contribution in [3.8, 4) is 0 Å². The third-order valence-corrected chi connectivity index (χ3v) is 3.56. The topological polar surface area (TPSA) is 35.5 Å². The molecule has 0 radical (unpaired) electrons. The third-order valence-electron chi connectivity index (χ3n) is 3.56. The van der Waals surface area contributed by atoms with E-state index < -0.39 is 6.43 Å². The molecule has 120 valence electrons. The number of aliphatic hydroxyl groups is 1. The summed E-state index contributed by atoms with van der Waals surface area (Å²) < 4.78 is 25.1. The number of hydrogen-bond acceptors (Lipinski definition) is 3. The fraction of sp³-hybridized carbons (Fsp3) is 0.625. The van der Waals surface area contributed by atoms with Crippen LogP contribution in [0.1, 0.15) is 30.5 Å². The lowest BCUT2D eigenvalue weighted by Gasteiger charge is -2.25. The Balaban J connectivity index is 2.67. The maximum absolute atomic E-state index is 12.5. The minimum atomic E-state index is -2.37. The molecule has 1 aromatic carbocycles. The van der Waals surface area contributed by atoms with Crippen LogP contribution in [0.25, 0.3) is 0 Å². The lowest BCUT2D eigenvalue weighted by molar-refractivity contribution is 0.0761. The Morgan fingerprint density at radius 2 is 1.95 bits per heavy atom. The Morgan fingerprint density at radius 3 is 2.52 bits per heavy atom. The molecule has 0 aliphatic carbocycles. The number of nitrogens with zero attached hydrogens (tertiary/aromatic N) is 1. The molecule has 0 bridgehead atoms. The number of halogens is 2. The Bertz CT molecular complexity index is 402. The van der Waals surface area contributed by atoms with Gasteiger partial charge in [0, 0.05) is 19.1 Å². The largest absolute Gasteiger partial charge is 0.395 e. The van der Waals surface area contributed by atoms with Crippen molar-refractivity contribution in [3.05, 3.63) is 35.4 Å². The fourth-order valence-corrected chi connectivity index (χ4v) is 2.53. The van der Waals surface area contributed by atoms with Gasteiger partial charge in [-0.15, -0.1) is 0 Å². The smallest absolute Gasteiger partial charge is 0.251 e. The zero-order valence-corrected chi connectivity index (χ0v) is 12.9. The van der Waals surface area contributed by atoms with E-state index in [1.165, 1.54) is 11.1 Å². The molecule has 1 rings (SSSR count). The normalized spacial score (nSPS) is 13.1. The molecule has 3 nitrogen and oxygen atoms in total. The summed E-state index contributed by atoms with van der Waals surface area (Å²) >= 11 is 0. The summed E-state index contributed by atoms with van der Waals surface area (Å²) in [5.41, 5.74) is 2.41. The highest BCUT2D eigenvalue weighted by molar-refractivity contribution is 5.28. The average Bonchev–Trinajstić information content (AvgIpc) is 2.43. The first-order chi connectivity index (χ1) is 10.1. The van der Waals surface area contributed by atoms with Gasteiger partial charge in [-0.05, 0) is 31.0 Å². The monoisotopic (exact) mass is 300 g/mol. The van der Waals surface area contributed by atoms with Crippen molar-refractivity contribution in [2.24, 2.45) is 0 Å². The molecule has 0 heterocycles. The molecule has 0 aliphatic rings. The second kappa shape index (κ2) is 9.82. The molecular formula is C16H26F2N2O. The van der Waals surface area contributed by atoms with Crippen LogP contribution in [0.3, 0.4) is 0 Å². The van der Waals surface area contributed by atoms with Crippen LogP contribution in [0.4, 0.5) is 8.78 Å². The predicted molar refractivity (Wildman–Crippen MR) is 81.7 cm³/mol. The van der Waals surface area contributed by atoms with E-state index >= 15 is 0 Å². The second-order valence-corrected chi connectivity index (χ2v) is 5.17. The van der Waals surface area contributed by atoms with Gasteiger partial charge in [0.1, 0.15) is 0 Å². The minimum Gasteiger partial charge on any atom is -0.395 e. The van der Waals surface area contributed by atoms with Gasteiger partial charge in [-0.1, -0.05) is 31.2 Å². The summed E-state index contributed by atoms with van der Waals surface area (Å²) in [5.74, 6) is 0. The first-order valence-corrected chi connectivity index (χ1v) is 7.48. The van der Waals surface area contributed by atoms with Crippen LogP contribution < -0.4 is 5.32 Å². The van der Waals surface area contributed by atoms with E-state index in [4.69, 9.17) is 5.11 Å². The van der Waals surface area contributed by atoms with E-state index in [1.807, 2.05) is 19.1 Å². The first kappa shape index (κ1) is 18.0. The van der Waals surface area contributed by atoms with Crippen LogP contribution in [0, 0.1) is 6.92 Å². The Morgan fingerprint density at radius 1 is 1.24 bits per heavy atom. The van der Waals surface area contributed by atoms with Crippen molar-refractivity contribution < 1.29 is 13.9 Å². The Labute approximate surface area is 126 Å². The lowest BCUT2D eigenvalue weighted by Crippen LogP contribution is -2.35.